The minimum atomic E-state index is 0.209. The zero-order valence-electron chi connectivity index (χ0n) is 10.9. The van der Waals surface area contributed by atoms with Crippen LogP contribution in [0.25, 0.3) is 0 Å². The molecule has 4 heteroatoms. The third-order valence-electron chi connectivity index (χ3n) is 2.82. The molecule has 0 amide bonds. The molecule has 2 aromatic rings. The monoisotopic (exact) mass is 355 g/mol. The lowest BCUT2D eigenvalue weighted by atomic mass is 10.2. The van der Waals surface area contributed by atoms with Crippen molar-refractivity contribution in [3.8, 4) is 0 Å². The van der Waals surface area contributed by atoms with Gasteiger partial charge in [-0.15, -0.1) is 23.1 Å². The molecule has 2 rings (SSSR count). The van der Waals surface area contributed by atoms with Gasteiger partial charge < -0.3 is 5.73 Å². The largest absolute Gasteiger partial charge is 0.327 e. The standard InChI is InChI=1S/C15H18BrNS2/c1-2-12-7-8-13(19-12)9-11(17)10-18-15-6-4-3-5-14(15)16/h3-8,11H,2,9-10,17H2,1H3. The van der Waals surface area contributed by atoms with E-state index in [1.165, 1.54) is 14.6 Å². The number of halogens is 1. The Morgan fingerprint density at radius 1 is 1.21 bits per heavy atom. The Morgan fingerprint density at radius 3 is 2.63 bits per heavy atom. The number of nitrogens with two attached hydrogens (primary N) is 1. The van der Waals surface area contributed by atoms with Gasteiger partial charge in [0.05, 0.1) is 0 Å². The van der Waals surface area contributed by atoms with Crippen LogP contribution in [0, 0.1) is 0 Å². The summed E-state index contributed by atoms with van der Waals surface area (Å²) in [6.45, 7) is 2.19. The van der Waals surface area contributed by atoms with E-state index in [-0.39, 0.29) is 6.04 Å². The first-order chi connectivity index (χ1) is 9.19. The van der Waals surface area contributed by atoms with Gasteiger partial charge in [-0.05, 0) is 53.0 Å². The Labute approximate surface area is 131 Å². The number of thiophene rings is 1. The topological polar surface area (TPSA) is 26.0 Å². The van der Waals surface area contributed by atoms with E-state index in [1.807, 2.05) is 29.2 Å². The first-order valence-electron chi connectivity index (χ1n) is 6.39. The molecule has 1 aromatic heterocycles. The highest BCUT2D eigenvalue weighted by Crippen LogP contribution is 2.28. The molecule has 1 unspecified atom stereocenters. The average molecular weight is 356 g/mol. The van der Waals surface area contributed by atoms with Crippen molar-refractivity contribution in [1.29, 1.82) is 0 Å². The second-order valence-corrected chi connectivity index (χ2v) is 7.60. The Hall–Kier alpha value is -0.290. The van der Waals surface area contributed by atoms with E-state index in [4.69, 9.17) is 5.73 Å². The Morgan fingerprint density at radius 2 is 1.95 bits per heavy atom. The second kappa shape index (κ2) is 7.48. The molecule has 1 nitrogen and oxygen atoms in total. The SMILES string of the molecule is CCc1ccc(CC(N)CSc2ccccc2Br)s1. The molecular formula is C15H18BrNS2. The van der Waals surface area contributed by atoms with Gasteiger partial charge in [-0.2, -0.15) is 0 Å². The molecule has 1 heterocycles. The van der Waals surface area contributed by atoms with Crippen molar-refractivity contribution in [3.05, 3.63) is 50.6 Å². The number of hydrogen-bond acceptors (Lipinski definition) is 3. The summed E-state index contributed by atoms with van der Waals surface area (Å²) in [5.74, 6) is 0.946. The highest BCUT2D eigenvalue weighted by molar-refractivity contribution is 9.10. The normalized spacial score (nSPS) is 12.6. The van der Waals surface area contributed by atoms with Gasteiger partial charge in [0.25, 0.3) is 0 Å². The van der Waals surface area contributed by atoms with Gasteiger partial charge in [-0.1, -0.05) is 19.1 Å². The molecule has 0 aliphatic heterocycles. The predicted molar refractivity (Wildman–Crippen MR) is 90.2 cm³/mol. The summed E-state index contributed by atoms with van der Waals surface area (Å²) >= 11 is 7.27. The molecule has 102 valence electrons. The van der Waals surface area contributed by atoms with Crippen molar-refractivity contribution in [2.75, 3.05) is 5.75 Å². The number of aryl methyl sites for hydroxylation is 1. The van der Waals surface area contributed by atoms with Crippen molar-refractivity contribution < 1.29 is 0 Å². The van der Waals surface area contributed by atoms with Crippen LogP contribution in [0.5, 0.6) is 0 Å². The summed E-state index contributed by atoms with van der Waals surface area (Å²) < 4.78 is 1.15. The number of benzene rings is 1. The summed E-state index contributed by atoms with van der Waals surface area (Å²) in [5, 5.41) is 0. The van der Waals surface area contributed by atoms with Crippen LogP contribution < -0.4 is 5.73 Å². The van der Waals surface area contributed by atoms with E-state index in [0.717, 1.165) is 23.1 Å². The van der Waals surface area contributed by atoms with Crippen LogP contribution >= 0.6 is 39.0 Å². The van der Waals surface area contributed by atoms with E-state index in [1.54, 1.807) is 0 Å². The highest BCUT2D eigenvalue weighted by atomic mass is 79.9. The number of rotatable bonds is 6. The van der Waals surface area contributed by atoms with Crippen molar-refractivity contribution in [2.45, 2.75) is 30.7 Å². The van der Waals surface area contributed by atoms with Gasteiger partial charge in [0.15, 0.2) is 0 Å². The second-order valence-electron chi connectivity index (χ2n) is 4.43. The van der Waals surface area contributed by atoms with Crippen molar-refractivity contribution in [1.82, 2.24) is 0 Å². The molecule has 2 N–H and O–H groups in total. The summed E-state index contributed by atoms with van der Waals surface area (Å²) in [6.07, 6.45) is 2.09. The Kier molecular flexibility index (Phi) is 5.95. The van der Waals surface area contributed by atoms with Crippen LogP contribution in [0.2, 0.25) is 0 Å². The van der Waals surface area contributed by atoms with Crippen LogP contribution in [0.15, 0.2) is 45.8 Å². The van der Waals surface area contributed by atoms with Gasteiger partial charge in [-0.25, -0.2) is 0 Å². The molecule has 0 bridgehead atoms. The van der Waals surface area contributed by atoms with E-state index < -0.39 is 0 Å². The molecule has 19 heavy (non-hydrogen) atoms. The van der Waals surface area contributed by atoms with Gasteiger partial charge in [0.2, 0.25) is 0 Å². The van der Waals surface area contributed by atoms with Crippen LogP contribution in [-0.4, -0.2) is 11.8 Å². The fraction of sp³-hybridized carbons (Fsp3) is 0.333. The van der Waals surface area contributed by atoms with Crippen LogP contribution in [0.4, 0.5) is 0 Å². The van der Waals surface area contributed by atoms with Crippen molar-refractivity contribution in [3.63, 3.8) is 0 Å². The molecule has 0 radical (unpaired) electrons. The highest BCUT2D eigenvalue weighted by Gasteiger charge is 2.08. The van der Waals surface area contributed by atoms with Gasteiger partial charge >= 0.3 is 0 Å². The minimum absolute atomic E-state index is 0.209. The maximum Gasteiger partial charge on any atom is 0.0311 e. The molecule has 1 atom stereocenters. The third-order valence-corrected chi connectivity index (χ3v) is 6.29. The summed E-state index contributed by atoms with van der Waals surface area (Å²) in [6, 6.07) is 12.9. The zero-order valence-corrected chi connectivity index (χ0v) is 14.2. The van der Waals surface area contributed by atoms with E-state index >= 15 is 0 Å². The Bertz CT molecular complexity index is 524. The molecular weight excluding hydrogens is 338 g/mol. The predicted octanol–water partition coefficient (Wildman–Crippen LogP) is 4.74. The first-order valence-corrected chi connectivity index (χ1v) is 8.99. The van der Waals surface area contributed by atoms with Crippen LogP contribution in [0.1, 0.15) is 16.7 Å². The fourth-order valence-electron chi connectivity index (χ4n) is 1.80. The maximum atomic E-state index is 6.22. The molecule has 1 aromatic carbocycles. The zero-order chi connectivity index (χ0) is 13.7. The smallest absolute Gasteiger partial charge is 0.0311 e. The molecule has 0 aliphatic rings. The Balaban J connectivity index is 1.84. The first kappa shape index (κ1) is 15.1. The van der Waals surface area contributed by atoms with E-state index in [0.29, 0.717) is 0 Å². The lowest BCUT2D eigenvalue weighted by Gasteiger charge is -2.10. The van der Waals surface area contributed by atoms with Crippen LogP contribution in [0.3, 0.4) is 0 Å². The summed E-state index contributed by atoms with van der Waals surface area (Å²) in [7, 11) is 0. The minimum Gasteiger partial charge on any atom is -0.327 e. The molecule has 0 saturated carbocycles. The molecule has 0 saturated heterocycles. The van der Waals surface area contributed by atoms with Gasteiger partial charge in [0.1, 0.15) is 0 Å². The summed E-state index contributed by atoms with van der Waals surface area (Å²) in [5.41, 5.74) is 6.22. The molecule has 0 fully saturated rings. The summed E-state index contributed by atoms with van der Waals surface area (Å²) in [4.78, 5) is 4.11. The van der Waals surface area contributed by atoms with E-state index in [2.05, 4.69) is 53.2 Å². The fourth-order valence-corrected chi connectivity index (χ4v) is 4.37. The average Bonchev–Trinajstić information content (AvgIpc) is 2.85. The lowest BCUT2D eigenvalue weighted by molar-refractivity contribution is 0.757. The lowest BCUT2D eigenvalue weighted by Crippen LogP contribution is -2.25. The molecule has 0 spiro atoms. The number of hydrogen-bond donors (Lipinski definition) is 1. The van der Waals surface area contributed by atoms with Crippen molar-refractivity contribution >= 4 is 39.0 Å². The molecule has 0 aliphatic carbocycles. The van der Waals surface area contributed by atoms with E-state index in [9.17, 15) is 0 Å². The van der Waals surface area contributed by atoms with Gasteiger partial charge in [0, 0.05) is 30.9 Å². The third kappa shape index (κ3) is 4.63. The van der Waals surface area contributed by atoms with Crippen molar-refractivity contribution in [2.24, 2.45) is 5.73 Å². The van der Waals surface area contributed by atoms with Gasteiger partial charge in [-0.3, -0.25) is 0 Å². The maximum absolute atomic E-state index is 6.22. The van der Waals surface area contributed by atoms with Crippen LogP contribution in [-0.2, 0) is 12.8 Å². The quantitative estimate of drug-likeness (QED) is 0.757. The number of thioether (sulfide) groups is 1.